The number of benzene rings is 1. The van der Waals surface area contributed by atoms with Crippen LogP contribution in [0.2, 0.25) is 0 Å². The van der Waals surface area contributed by atoms with Gasteiger partial charge in [0, 0.05) is 30.0 Å². The molecule has 0 N–H and O–H groups in total. The highest BCUT2D eigenvalue weighted by Gasteiger charge is 2.27. The number of carbonyl (C=O) groups is 1. The summed E-state index contributed by atoms with van der Waals surface area (Å²) in [4.78, 5) is 21.4. The van der Waals surface area contributed by atoms with Gasteiger partial charge in [-0.2, -0.15) is 0 Å². The number of amides is 1. The van der Waals surface area contributed by atoms with E-state index in [-0.39, 0.29) is 5.91 Å². The minimum Gasteiger partial charge on any atom is -0.335 e. The zero-order chi connectivity index (χ0) is 16.7. The third-order valence-corrected chi connectivity index (χ3v) is 6.03. The van der Waals surface area contributed by atoms with Gasteiger partial charge in [0.05, 0.1) is 5.69 Å². The maximum atomic E-state index is 12.9. The maximum absolute atomic E-state index is 12.9. The summed E-state index contributed by atoms with van der Waals surface area (Å²) in [6.45, 7) is 5.04. The third kappa shape index (κ3) is 2.53. The van der Waals surface area contributed by atoms with Crippen LogP contribution in [0.4, 0.5) is 0 Å². The Morgan fingerprint density at radius 2 is 2.04 bits per heavy atom. The summed E-state index contributed by atoms with van der Waals surface area (Å²) in [5.41, 5.74) is 3.05. The minimum atomic E-state index is 0.163. The summed E-state index contributed by atoms with van der Waals surface area (Å²) in [6.07, 6.45) is 5.46. The van der Waals surface area contributed by atoms with E-state index in [2.05, 4.69) is 23.5 Å². The summed E-state index contributed by atoms with van der Waals surface area (Å²) < 4.78 is 2.05. The Bertz CT molecular complexity index is 881. The molecule has 3 aromatic rings. The van der Waals surface area contributed by atoms with Crippen molar-refractivity contribution >= 4 is 22.2 Å². The van der Waals surface area contributed by atoms with E-state index < -0.39 is 0 Å². The molecule has 0 radical (unpaired) electrons. The molecule has 124 valence electrons. The van der Waals surface area contributed by atoms with Crippen molar-refractivity contribution in [1.29, 1.82) is 0 Å². The Hall–Kier alpha value is -2.14. The van der Waals surface area contributed by atoms with E-state index in [9.17, 15) is 4.79 Å². The summed E-state index contributed by atoms with van der Waals surface area (Å²) >= 11 is 1.50. The molecule has 1 unspecified atom stereocenters. The molecular weight excluding hydrogens is 318 g/mol. The van der Waals surface area contributed by atoms with Crippen LogP contribution in [0.3, 0.4) is 0 Å². The Balaban J connectivity index is 1.69. The van der Waals surface area contributed by atoms with Crippen molar-refractivity contribution in [3.8, 4) is 11.3 Å². The van der Waals surface area contributed by atoms with E-state index in [0.717, 1.165) is 46.2 Å². The predicted molar refractivity (Wildman–Crippen MR) is 97.6 cm³/mol. The van der Waals surface area contributed by atoms with Gasteiger partial charge in [-0.1, -0.05) is 41.7 Å². The Morgan fingerprint density at radius 3 is 2.75 bits per heavy atom. The van der Waals surface area contributed by atoms with Gasteiger partial charge in [-0.25, -0.2) is 4.98 Å². The lowest BCUT2D eigenvalue weighted by atomic mass is 10.0. The van der Waals surface area contributed by atoms with E-state index in [1.807, 2.05) is 36.2 Å². The van der Waals surface area contributed by atoms with Crippen molar-refractivity contribution in [2.45, 2.75) is 39.2 Å². The summed E-state index contributed by atoms with van der Waals surface area (Å²) in [7, 11) is 0. The number of imidazole rings is 1. The fourth-order valence-electron chi connectivity index (χ4n) is 3.43. The third-order valence-electron chi connectivity index (χ3n) is 4.88. The first-order chi connectivity index (χ1) is 11.6. The van der Waals surface area contributed by atoms with Crippen LogP contribution in [0, 0.1) is 6.92 Å². The number of nitrogens with zero attached hydrogens (tertiary/aromatic N) is 3. The van der Waals surface area contributed by atoms with Crippen molar-refractivity contribution in [1.82, 2.24) is 14.3 Å². The van der Waals surface area contributed by atoms with Crippen LogP contribution in [-0.4, -0.2) is 32.8 Å². The number of piperidine rings is 1. The normalized spacial score (nSPS) is 18.2. The molecule has 0 saturated carbocycles. The zero-order valence-corrected chi connectivity index (χ0v) is 14.8. The van der Waals surface area contributed by atoms with Crippen LogP contribution in [0.15, 0.2) is 36.5 Å². The monoisotopic (exact) mass is 339 g/mol. The maximum Gasteiger partial charge on any atom is 0.266 e. The van der Waals surface area contributed by atoms with Gasteiger partial charge < -0.3 is 4.90 Å². The van der Waals surface area contributed by atoms with Gasteiger partial charge in [-0.3, -0.25) is 9.20 Å². The van der Waals surface area contributed by atoms with E-state index >= 15 is 0 Å². The number of likely N-dealkylation sites (tertiary alicyclic amines) is 1. The fraction of sp³-hybridized carbons (Fsp3) is 0.368. The number of aromatic nitrogens is 2. The average molecular weight is 339 g/mol. The molecule has 1 fully saturated rings. The quantitative estimate of drug-likeness (QED) is 0.694. The summed E-state index contributed by atoms with van der Waals surface area (Å²) in [5, 5.41) is 0. The van der Waals surface area contributed by atoms with Crippen molar-refractivity contribution in [3.63, 3.8) is 0 Å². The SMILES string of the molecule is Cc1c(C(=O)N2CCCCC2C)sc2nc(-c3ccccc3)cn12. The lowest BCUT2D eigenvalue weighted by Crippen LogP contribution is -2.41. The van der Waals surface area contributed by atoms with Crippen molar-refractivity contribution < 1.29 is 4.79 Å². The Morgan fingerprint density at radius 1 is 1.25 bits per heavy atom. The highest BCUT2D eigenvalue weighted by Crippen LogP contribution is 2.29. The Labute approximate surface area is 145 Å². The average Bonchev–Trinajstić information content (AvgIpc) is 3.15. The number of aryl methyl sites for hydroxylation is 1. The molecular formula is C19H21N3OS. The fourth-order valence-corrected chi connectivity index (χ4v) is 4.49. The second-order valence-corrected chi connectivity index (χ2v) is 7.48. The molecule has 0 aliphatic carbocycles. The molecule has 4 rings (SSSR count). The van der Waals surface area contributed by atoms with Gasteiger partial charge in [-0.05, 0) is 33.1 Å². The van der Waals surface area contributed by atoms with E-state index in [0.29, 0.717) is 6.04 Å². The van der Waals surface area contributed by atoms with Gasteiger partial charge in [0.15, 0.2) is 4.96 Å². The van der Waals surface area contributed by atoms with Crippen LogP contribution < -0.4 is 0 Å². The van der Waals surface area contributed by atoms with Crippen LogP contribution >= 0.6 is 11.3 Å². The van der Waals surface area contributed by atoms with Gasteiger partial charge >= 0.3 is 0 Å². The molecule has 1 aromatic carbocycles. The minimum absolute atomic E-state index is 0.163. The van der Waals surface area contributed by atoms with Crippen LogP contribution in [0.5, 0.6) is 0 Å². The van der Waals surface area contributed by atoms with Gasteiger partial charge in [0.1, 0.15) is 4.88 Å². The van der Waals surface area contributed by atoms with Crippen LogP contribution in [0.1, 0.15) is 41.6 Å². The van der Waals surface area contributed by atoms with E-state index in [1.54, 1.807) is 0 Å². The zero-order valence-electron chi connectivity index (χ0n) is 14.0. The lowest BCUT2D eigenvalue weighted by Gasteiger charge is -2.33. The highest BCUT2D eigenvalue weighted by atomic mass is 32.1. The van der Waals surface area contributed by atoms with Crippen molar-refractivity contribution in [3.05, 3.63) is 47.1 Å². The first-order valence-corrected chi connectivity index (χ1v) is 9.31. The van der Waals surface area contributed by atoms with Crippen LogP contribution in [0.25, 0.3) is 16.2 Å². The van der Waals surface area contributed by atoms with Gasteiger partial charge in [0.2, 0.25) is 0 Å². The smallest absolute Gasteiger partial charge is 0.266 e. The lowest BCUT2D eigenvalue weighted by molar-refractivity contribution is 0.0639. The number of rotatable bonds is 2. The van der Waals surface area contributed by atoms with Gasteiger partial charge in [-0.15, -0.1) is 0 Å². The topological polar surface area (TPSA) is 37.6 Å². The summed E-state index contributed by atoms with van der Waals surface area (Å²) in [5.74, 6) is 0.163. The summed E-state index contributed by atoms with van der Waals surface area (Å²) in [6, 6.07) is 10.5. The number of fused-ring (bicyclic) bond motifs is 1. The Kier molecular flexibility index (Phi) is 3.88. The second kappa shape index (κ2) is 6.06. The number of thiazole rings is 1. The molecule has 1 aliphatic rings. The molecule has 0 spiro atoms. The molecule has 1 saturated heterocycles. The standard InChI is InChI=1S/C19H21N3OS/c1-13-8-6-7-11-21(13)18(23)17-14(2)22-12-16(20-19(22)24-17)15-9-4-3-5-10-15/h3-5,9-10,12-13H,6-8,11H2,1-2H3. The van der Waals surface area contributed by atoms with Gasteiger partial charge in [0.25, 0.3) is 5.91 Å². The molecule has 1 amide bonds. The number of carbonyl (C=O) groups excluding carboxylic acids is 1. The van der Waals surface area contributed by atoms with E-state index in [1.165, 1.54) is 17.8 Å². The predicted octanol–water partition coefficient (Wildman–Crippen LogP) is 4.39. The first kappa shape index (κ1) is 15.4. The molecule has 0 bridgehead atoms. The molecule has 3 heterocycles. The number of hydrogen-bond acceptors (Lipinski definition) is 3. The molecule has 1 aliphatic heterocycles. The molecule has 1 atom stereocenters. The largest absolute Gasteiger partial charge is 0.335 e. The van der Waals surface area contributed by atoms with Crippen molar-refractivity contribution in [2.24, 2.45) is 0 Å². The number of hydrogen-bond donors (Lipinski definition) is 0. The highest BCUT2D eigenvalue weighted by molar-refractivity contribution is 7.19. The van der Waals surface area contributed by atoms with Crippen molar-refractivity contribution in [2.75, 3.05) is 6.54 Å². The molecule has 5 heteroatoms. The molecule has 24 heavy (non-hydrogen) atoms. The molecule has 2 aromatic heterocycles. The van der Waals surface area contributed by atoms with Crippen LogP contribution in [-0.2, 0) is 0 Å². The second-order valence-electron chi connectivity index (χ2n) is 6.50. The first-order valence-electron chi connectivity index (χ1n) is 8.50. The molecule has 4 nitrogen and oxygen atoms in total. The van der Waals surface area contributed by atoms with E-state index in [4.69, 9.17) is 4.98 Å².